The summed E-state index contributed by atoms with van der Waals surface area (Å²) in [5.74, 6) is -0.325. The molecule has 1 unspecified atom stereocenters. The van der Waals surface area contributed by atoms with Crippen LogP contribution in [0.25, 0.3) is 10.9 Å². The summed E-state index contributed by atoms with van der Waals surface area (Å²) >= 11 is 0. The number of anilines is 1. The van der Waals surface area contributed by atoms with Crippen LogP contribution in [0.4, 0.5) is 5.69 Å². The lowest BCUT2D eigenvalue weighted by Crippen LogP contribution is -2.42. The van der Waals surface area contributed by atoms with Gasteiger partial charge >= 0.3 is 0 Å². The van der Waals surface area contributed by atoms with E-state index in [2.05, 4.69) is 9.88 Å². The number of carbonyl (C=O) groups excluding carboxylic acids is 1. The van der Waals surface area contributed by atoms with E-state index in [0.29, 0.717) is 24.4 Å². The molecule has 33 heavy (non-hydrogen) atoms. The monoisotopic (exact) mass is 469 g/mol. The van der Waals surface area contributed by atoms with Gasteiger partial charge in [-0.3, -0.25) is 4.79 Å². The number of amides is 1. The van der Waals surface area contributed by atoms with Crippen molar-refractivity contribution in [1.82, 2.24) is 8.87 Å². The van der Waals surface area contributed by atoms with Gasteiger partial charge in [0.05, 0.1) is 11.5 Å². The first-order valence-corrected chi connectivity index (χ1v) is 12.8. The lowest BCUT2D eigenvalue weighted by Gasteiger charge is -2.32. The number of ether oxygens (including phenoxy) is 1. The number of benzene rings is 2. The van der Waals surface area contributed by atoms with Crippen LogP contribution >= 0.6 is 0 Å². The highest BCUT2D eigenvalue weighted by atomic mass is 32.2. The Bertz CT molecular complexity index is 1270. The number of nitrogens with one attached hydrogen (secondary N) is 1. The number of fused-ring (bicyclic) bond motifs is 1. The van der Waals surface area contributed by atoms with Gasteiger partial charge in [-0.1, -0.05) is 12.5 Å². The molecular formula is C25H31N3O4S. The van der Waals surface area contributed by atoms with Gasteiger partial charge in [0.2, 0.25) is 10.0 Å². The largest absolute Gasteiger partial charge is 0.383 e. The van der Waals surface area contributed by atoms with Gasteiger partial charge < -0.3 is 14.6 Å². The maximum absolute atomic E-state index is 13.2. The topological polar surface area (TPSA) is 80.6 Å². The molecule has 2 aromatic carbocycles. The van der Waals surface area contributed by atoms with E-state index in [9.17, 15) is 13.2 Å². The fraction of sp³-hybridized carbons (Fsp3) is 0.400. The number of methoxy groups -OCH3 is 1. The first kappa shape index (κ1) is 23.5. The van der Waals surface area contributed by atoms with E-state index in [4.69, 9.17) is 4.74 Å². The number of aromatic nitrogens is 1. The Morgan fingerprint density at radius 1 is 1.15 bits per heavy atom. The molecule has 1 amide bonds. The van der Waals surface area contributed by atoms with Crippen LogP contribution in [-0.4, -0.2) is 49.5 Å². The van der Waals surface area contributed by atoms with Gasteiger partial charge in [0, 0.05) is 54.6 Å². The van der Waals surface area contributed by atoms with Gasteiger partial charge in [0.25, 0.3) is 5.91 Å². The molecule has 1 N–H and O–H groups in total. The predicted octanol–water partition coefficient (Wildman–Crippen LogP) is 4.41. The Hall–Kier alpha value is -2.68. The van der Waals surface area contributed by atoms with E-state index in [1.165, 1.54) is 6.07 Å². The molecule has 7 nitrogen and oxygen atoms in total. The highest BCUT2D eigenvalue weighted by Gasteiger charge is 2.31. The molecule has 1 atom stereocenters. The normalized spacial score (nSPS) is 17.4. The fourth-order valence-electron chi connectivity index (χ4n) is 4.43. The third kappa shape index (κ3) is 4.83. The average Bonchev–Trinajstić information content (AvgIpc) is 3.20. The van der Waals surface area contributed by atoms with Crippen LogP contribution in [0.1, 0.15) is 42.1 Å². The predicted molar refractivity (Wildman–Crippen MR) is 130 cm³/mol. The first-order valence-electron chi connectivity index (χ1n) is 11.3. The average molecular weight is 470 g/mol. The molecule has 4 rings (SSSR count). The van der Waals surface area contributed by atoms with Gasteiger partial charge in [-0.25, -0.2) is 8.42 Å². The molecule has 1 fully saturated rings. The van der Waals surface area contributed by atoms with E-state index in [-0.39, 0.29) is 16.8 Å². The summed E-state index contributed by atoms with van der Waals surface area (Å²) in [6.45, 7) is 5.65. The molecule has 1 aromatic heterocycles. The number of hydrogen-bond donors (Lipinski definition) is 1. The van der Waals surface area contributed by atoms with Crippen LogP contribution in [-0.2, 0) is 21.3 Å². The van der Waals surface area contributed by atoms with Crippen LogP contribution in [0.5, 0.6) is 0 Å². The molecule has 1 aliphatic rings. The molecule has 1 saturated heterocycles. The summed E-state index contributed by atoms with van der Waals surface area (Å²) in [6, 6.07) is 12.5. The number of sulfonamides is 1. The first-order chi connectivity index (χ1) is 15.8. The zero-order chi connectivity index (χ0) is 23.6. The van der Waals surface area contributed by atoms with E-state index in [1.54, 1.807) is 23.5 Å². The number of piperidine rings is 1. The second-order valence-corrected chi connectivity index (χ2v) is 10.6. The number of hydrogen-bond acceptors (Lipinski definition) is 4. The van der Waals surface area contributed by atoms with Crippen LogP contribution in [0, 0.1) is 6.92 Å². The molecule has 0 spiro atoms. The maximum atomic E-state index is 13.2. The van der Waals surface area contributed by atoms with E-state index in [0.717, 1.165) is 42.3 Å². The highest BCUT2D eigenvalue weighted by Crippen LogP contribution is 2.27. The fourth-order valence-corrected chi connectivity index (χ4v) is 6.16. The summed E-state index contributed by atoms with van der Waals surface area (Å²) < 4.78 is 35.3. The Labute approximate surface area is 195 Å². The van der Waals surface area contributed by atoms with Crippen molar-refractivity contribution in [2.75, 3.05) is 25.6 Å². The molecule has 3 aromatic rings. The minimum Gasteiger partial charge on any atom is -0.383 e. The highest BCUT2D eigenvalue weighted by molar-refractivity contribution is 7.89. The third-order valence-electron chi connectivity index (χ3n) is 6.37. The van der Waals surface area contributed by atoms with Crippen molar-refractivity contribution in [1.29, 1.82) is 0 Å². The number of nitrogens with zero attached hydrogens (tertiary/aromatic N) is 2. The van der Waals surface area contributed by atoms with Crippen LogP contribution in [0.3, 0.4) is 0 Å². The molecule has 0 saturated carbocycles. The van der Waals surface area contributed by atoms with Crippen molar-refractivity contribution >= 4 is 32.5 Å². The van der Waals surface area contributed by atoms with Gasteiger partial charge in [0.15, 0.2) is 0 Å². The number of carbonyl (C=O) groups is 1. The van der Waals surface area contributed by atoms with Crippen molar-refractivity contribution in [2.45, 2.75) is 50.6 Å². The van der Waals surface area contributed by atoms with E-state index >= 15 is 0 Å². The summed E-state index contributed by atoms with van der Waals surface area (Å²) in [4.78, 5) is 13.3. The standard InChI is InChI=1S/C25H31N3O4S/c1-18-7-9-22(33(30,31)28-12-5-4-6-19(28)2)17-23(18)25(29)26-21-8-10-24-20(16-21)11-13-27(24)14-15-32-3/h7-11,13,16-17,19H,4-6,12,14-15H2,1-3H3,(H,26,29). The SMILES string of the molecule is COCCn1ccc2cc(NC(=O)c3cc(S(=O)(=O)N4CCCCC4C)ccc3C)ccc21. The zero-order valence-corrected chi connectivity index (χ0v) is 20.2. The second kappa shape index (κ2) is 9.67. The second-order valence-electron chi connectivity index (χ2n) is 8.67. The Morgan fingerprint density at radius 2 is 1.97 bits per heavy atom. The minimum atomic E-state index is -3.65. The van der Waals surface area contributed by atoms with E-state index < -0.39 is 10.0 Å². The molecule has 0 bridgehead atoms. The van der Waals surface area contributed by atoms with Crippen LogP contribution < -0.4 is 5.32 Å². The zero-order valence-electron chi connectivity index (χ0n) is 19.4. The lowest BCUT2D eigenvalue weighted by molar-refractivity contribution is 0.102. The van der Waals surface area contributed by atoms with E-state index in [1.807, 2.05) is 44.3 Å². The smallest absolute Gasteiger partial charge is 0.255 e. The molecular weight excluding hydrogens is 438 g/mol. The van der Waals surface area contributed by atoms with Crippen molar-refractivity contribution in [3.8, 4) is 0 Å². The Morgan fingerprint density at radius 3 is 2.73 bits per heavy atom. The summed E-state index contributed by atoms with van der Waals surface area (Å²) in [6.07, 6.45) is 4.75. The van der Waals surface area contributed by atoms with Gasteiger partial charge in [0.1, 0.15) is 0 Å². The molecule has 176 valence electrons. The van der Waals surface area contributed by atoms with Crippen molar-refractivity contribution in [3.63, 3.8) is 0 Å². The maximum Gasteiger partial charge on any atom is 0.255 e. The quantitative estimate of drug-likeness (QED) is 0.556. The third-order valence-corrected chi connectivity index (χ3v) is 8.38. The molecule has 0 aliphatic carbocycles. The Kier molecular flexibility index (Phi) is 6.88. The minimum absolute atomic E-state index is 0.0368. The van der Waals surface area contributed by atoms with Crippen molar-refractivity contribution in [3.05, 3.63) is 59.8 Å². The van der Waals surface area contributed by atoms with Crippen molar-refractivity contribution in [2.24, 2.45) is 0 Å². The summed E-state index contributed by atoms with van der Waals surface area (Å²) in [7, 11) is -1.98. The molecule has 0 radical (unpaired) electrons. The van der Waals surface area contributed by atoms with Crippen molar-refractivity contribution < 1.29 is 17.9 Å². The molecule has 2 heterocycles. The van der Waals surface area contributed by atoms with Crippen LogP contribution in [0.15, 0.2) is 53.6 Å². The van der Waals surface area contributed by atoms with Gasteiger partial charge in [-0.2, -0.15) is 4.31 Å². The summed E-state index contributed by atoms with van der Waals surface area (Å²) in [5.41, 5.74) is 2.81. The lowest BCUT2D eigenvalue weighted by atomic mass is 10.1. The van der Waals surface area contributed by atoms with Crippen LogP contribution in [0.2, 0.25) is 0 Å². The number of aryl methyl sites for hydroxylation is 1. The molecule has 1 aliphatic heterocycles. The summed E-state index contributed by atoms with van der Waals surface area (Å²) in [5, 5.41) is 3.94. The van der Waals surface area contributed by atoms with Gasteiger partial charge in [-0.15, -0.1) is 0 Å². The molecule has 8 heteroatoms. The Balaban J connectivity index is 1.57. The number of rotatable bonds is 7. The van der Waals surface area contributed by atoms with Gasteiger partial charge in [-0.05, 0) is 68.7 Å².